The van der Waals surface area contributed by atoms with Crippen LogP contribution in [0.5, 0.6) is 0 Å². The summed E-state index contributed by atoms with van der Waals surface area (Å²) in [6.45, 7) is 3.18. The summed E-state index contributed by atoms with van der Waals surface area (Å²) in [4.78, 5) is 11.8. The van der Waals surface area contributed by atoms with Crippen LogP contribution in [-0.4, -0.2) is 12.5 Å². The molecular formula is C18H28N2O. The average Bonchev–Trinajstić information content (AvgIpc) is 2.49. The number of nitrogens with two attached hydrogens (primary N) is 1. The van der Waals surface area contributed by atoms with Gasteiger partial charge in [0.1, 0.15) is 0 Å². The Kier molecular flexibility index (Phi) is 6.09. The Morgan fingerprint density at radius 1 is 1.19 bits per heavy atom. The van der Waals surface area contributed by atoms with Crippen LogP contribution in [0.1, 0.15) is 51.0 Å². The van der Waals surface area contributed by atoms with Crippen molar-refractivity contribution >= 4 is 11.6 Å². The molecule has 0 bridgehead atoms. The number of aryl methyl sites for hydroxylation is 1. The Labute approximate surface area is 128 Å². The maximum absolute atomic E-state index is 11.8. The number of hydrogen-bond acceptors (Lipinski definition) is 2. The van der Waals surface area contributed by atoms with Crippen LogP contribution in [0.25, 0.3) is 0 Å². The van der Waals surface area contributed by atoms with E-state index < -0.39 is 0 Å². The van der Waals surface area contributed by atoms with Gasteiger partial charge in [0.05, 0.1) is 0 Å². The summed E-state index contributed by atoms with van der Waals surface area (Å²) in [7, 11) is 0. The molecule has 1 aromatic rings. The first-order valence-electron chi connectivity index (χ1n) is 8.24. The number of benzene rings is 1. The summed E-state index contributed by atoms with van der Waals surface area (Å²) in [6.07, 6.45) is 7.87. The number of rotatable bonds is 6. The summed E-state index contributed by atoms with van der Waals surface area (Å²) in [5, 5.41) is 3.06. The van der Waals surface area contributed by atoms with E-state index in [-0.39, 0.29) is 5.91 Å². The van der Waals surface area contributed by atoms with Crippen molar-refractivity contribution in [1.29, 1.82) is 0 Å². The number of nitrogens with one attached hydrogen (secondary N) is 1. The van der Waals surface area contributed by atoms with Crippen LogP contribution in [0.2, 0.25) is 0 Å². The van der Waals surface area contributed by atoms with Crippen LogP contribution < -0.4 is 11.1 Å². The lowest BCUT2D eigenvalue weighted by molar-refractivity contribution is -0.121. The van der Waals surface area contributed by atoms with Crippen LogP contribution in [0, 0.1) is 11.8 Å². The lowest BCUT2D eigenvalue weighted by Gasteiger charge is -2.26. The van der Waals surface area contributed by atoms with E-state index >= 15 is 0 Å². The zero-order chi connectivity index (χ0) is 15.1. The molecule has 1 fully saturated rings. The Morgan fingerprint density at radius 2 is 1.86 bits per heavy atom. The van der Waals surface area contributed by atoms with Gasteiger partial charge in [-0.2, -0.15) is 0 Å². The van der Waals surface area contributed by atoms with Gasteiger partial charge in [-0.05, 0) is 42.4 Å². The van der Waals surface area contributed by atoms with Gasteiger partial charge in [0.25, 0.3) is 0 Å². The molecule has 21 heavy (non-hydrogen) atoms. The molecule has 3 nitrogen and oxygen atoms in total. The summed E-state index contributed by atoms with van der Waals surface area (Å²) in [5.74, 6) is 1.88. The highest BCUT2D eigenvalue weighted by molar-refractivity contribution is 5.76. The van der Waals surface area contributed by atoms with Crippen LogP contribution in [0.3, 0.4) is 0 Å². The smallest absolute Gasteiger partial charge is 0.220 e. The zero-order valence-electron chi connectivity index (χ0n) is 13.1. The molecule has 0 radical (unpaired) electrons. The Hall–Kier alpha value is -1.51. The molecule has 0 unspecified atom stereocenters. The molecule has 3 heteroatoms. The van der Waals surface area contributed by atoms with Crippen molar-refractivity contribution in [3.05, 3.63) is 29.8 Å². The van der Waals surface area contributed by atoms with E-state index in [0.29, 0.717) is 6.42 Å². The van der Waals surface area contributed by atoms with Gasteiger partial charge in [0.2, 0.25) is 5.91 Å². The van der Waals surface area contributed by atoms with Crippen LogP contribution in [0.4, 0.5) is 5.69 Å². The molecular weight excluding hydrogens is 260 g/mol. The molecule has 0 atom stereocenters. The number of anilines is 1. The largest absolute Gasteiger partial charge is 0.399 e. The molecule has 1 aliphatic carbocycles. The Morgan fingerprint density at radius 3 is 2.52 bits per heavy atom. The van der Waals surface area contributed by atoms with Gasteiger partial charge in [-0.3, -0.25) is 4.79 Å². The molecule has 116 valence electrons. The van der Waals surface area contributed by atoms with Crippen molar-refractivity contribution in [2.24, 2.45) is 11.8 Å². The van der Waals surface area contributed by atoms with Crippen molar-refractivity contribution in [3.63, 3.8) is 0 Å². The van der Waals surface area contributed by atoms with Crippen LogP contribution >= 0.6 is 0 Å². The quantitative estimate of drug-likeness (QED) is 0.787. The fraction of sp³-hybridized carbons (Fsp3) is 0.611. The van der Waals surface area contributed by atoms with E-state index in [4.69, 9.17) is 5.73 Å². The zero-order valence-corrected chi connectivity index (χ0v) is 13.1. The molecule has 1 saturated carbocycles. The molecule has 2 rings (SSSR count). The summed E-state index contributed by atoms with van der Waals surface area (Å²) in [5.41, 5.74) is 7.58. The molecule has 0 aliphatic heterocycles. The van der Waals surface area contributed by atoms with E-state index in [1.165, 1.54) is 31.2 Å². The topological polar surface area (TPSA) is 55.1 Å². The molecule has 3 N–H and O–H groups in total. The summed E-state index contributed by atoms with van der Waals surface area (Å²) >= 11 is 0. The first kappa shape index (κ1) is 15.9. The van der Waals surface area contributed by atoms with E-state index in [1.807, 2.05) is 24.3 Å². The van der Waals surface area contributed by atoms with E-state index in [0.717, 1.165) is 36.9 Å². The third-order valence-corrected chi connectivity index (χ3v) is 4.63. The second-order valence-electron chi connectivity index (χ2n) is 6.51. The first-order valence-corrected chi connectivity index (χ1v) is 8.24. The highest BCUT2D eigenvalue weighted by atomic mass is 16.1. The predicted molar refractivity (Wildman–Crippen MR) is 87.9 cm³/mol. The molecule has 1 aromatic carbocycles. The monoisotopic (exact) mass is 288 g/mol. The molecule has 1 amide bonds. The van der Waals surface area contributed by atoms with Gasteiger partial charge in [-0.25, -0.2) is 0 Å². The lowest BCUT2D eigenvalue weighted by atomic mass is 9.81. The highest BCUT2D eigenvalue weighted by Gasteiger charge is 2.17. The van der Waals surface area contributed by atoms with Gasteiger partial charge in [0.15, 0.2) is 0 Å². The fourth-order valence-corrected chi connectivity index (χ4v) is 3.06. The van der Waals surface area contributed by atoms with Gasteiger partial charge in [-0.15, -0.1) is 0 Å². The second-order valence-corrected chi connectivity index (χ2v) is 6.51. The van der Waals surface area contributed by atoms with Gasteiger partial charge in [-0.1, -0.05) is 44.7 Å². The van der Waals surface area contributed by atoms with Gasteiger partial charge in [0, 0.05) is 18.7 Å². The van der Waals surface area contributed by atoms with E-state index in [1.54, 1.807) is 0 Å². The van der Waals surface area contributed by atoms with Gasteiger partial charge < -0.3 is 11.1 Å². The minimum absolute atomic E-state index is 0.163. The van der Waals surface area contributed by atoms with E-state index in [2.05, 4.69) is 12.2 Å². The highest BCUT2D eigenvalue weighted by Crippen LogP contribution is 2.29. The predicted octanol–water partition coefficient (Wildman–Crippen LogP) is 3.53. The second kappa shape index (κ2) is 8.06. The maximum atomic E-state index is 11.8. The third-order valence-electron chi connectivity index (χ3n) is 4.63. The Balaban J connectivity index is 1.58. The molecule has 0 heterocycles. The maximum Gasteiger partial charge on any atom is 0.220 e. The molecule has 0 spiro atoms. The minimum Gasteiger partial charge on any atom is -0.399 e. The number of nitrogen functional groups attached to an aromatic ring is 1. The average molecular weight is 288 g/mol. The lowest BCUT2D eigenvalue weighted by Crippen LogP contribution is -2.27. The third kappa shape index (κ3) is 5.78. The molecule has 1 aliphatic rings. The van der Waals surface area contributed by atoms with Gasteiger partial charge >= 0.3 is 0 Å². The standard InChI is InChI=1S/C18H28N2O/c1-14-2-4-16(5-3-14)12-13-20-18(21)11-8-15-6-9-17(19)10-7-15/h6-7,9-10,14,16H,2-5,8,11-13,19H2,1H3,(H,20,21). The molecule has 0 aromatic heterocycles. The number of carbonyl (C=O) groups excluding carboxylic acids is 1. The van der Waals surface area contributed by atoms with Crippen molar-refractivity contribution < 1.29 is 4.79 Å². The van der Waals surface area contributed by atoms with Crippen LogP contribution in [0.15, 0.2) is 24.3 Å². The van der Waals surface area contributed by atoms with E-state index in [9.17, 15) is 4.79 Å². The number of carbonyl (C=O) groups is 1. The first-order chi connectivity index (χ1) is 10.1. The van der Waals surface area contributed by atoms with Crippen molar-refractivity contribution in [2.45, 2.75) is 51.9 Å². The number of hydrogen-bond donors (Lipinski definition) is 2. The molecule has 0 saturated heterocycles. The van der Waals surface area contributed by atoms with Crippen molar-refractivity contribution in [1.82, 2.24) is 5.32 Å². The Bertz CT molecular complexity index is 433. The van der Waals surface area contributed by atoms with Crippen molar-refractivity contribution in [2.75, 3.05) is 12.3 Å². The SMILES string of the molecule is CC1CCC(CCNC(=O)CCc2ccc(N)cc2)CC1. The fourth-order valence-electron chi connectivity index (χ4n) is 3.06. The normalized spacial score (nSPS) is 22.0. The summed E-state index contributed by atoms with van der Waals surface area (Å²) < 4.78 is 0. The number of amides is 1. The minimum atomic E-state index is 0.163. The summed E-state index contributed by atoms with van der Waals surface area (Å²) in [6, 6.07) is 7.76. The van der Waals surface area contributed by atoms with Crippen LogP contribution in [-0.2, 0) is 11.2 Å². The van der Waals surface area contributed by atoms with Crippen molar-refractivity contribution in [3.8, 4) is 0 Å².